The third-order valence-electron chi connectivity index (χ3n) is 7.84. The van der Waals surface area contributed by atoms with Crippen molar-refractivity contribution in [2.75, 3.05) is 39.3 Å². The van der Waals surface area contributed by atoms with Gasteiger partial charge in [-0.05, 0) is 63.3 Å². The van der Waals surface area contributed by atoms with Gasteiger partial charge in [0.1, 0.15) is 11.8 Å². The lowest BCUT2D eigenvalue weighted by molar-refractivity contribution is -0.136. The smallest absolute Gasteiger partial charge is 0.407 e. The lowest BCUT2D eigenvalue weighted by Crippen LogP contribution is -2.56. The number of fused-ring (bicyclic) bond motifs is 1. The van der Waals surface area contributed by atoms with Crippen LogP contribution < -0.4 is 10.1 Å². The molecule has 0 radical (unpaired) electrons. The van der Waals surface area contributed by atoms with Gasteiger partial charge in [0.05, 0.1) is 43.0 Å². The number of amides is 5. The highest BCUT2D eigenvalue weighted by atomic mass is 16.5. The fourth-order valence-electron chi connectivity index (χ4n) is 5.57. The van der Waals surface area contributed by atoms with Gasteiger partial charge in [-0.15, -0.1) is 0 Å². The van der Waals surface area contributed by atoms with E-state index in [2.05, 4.69) is 10.2 Å². The zero-order valence-corrected chi connectivity index (χ0v) is 21.8. The van der Waals surface area contributed by atoms with Crippen molar-refractivity contribution in [1.29, 1.82) is 0 Å². The highest BCUT2D eigenvalue weighted by molar-refractivity contribution is 6.23. The van der Waals surface area contributed by atoms with Gasteiger partial charge in [0.25, 0.3) is 11.8 Å². The van der Waals surface area contributed by atoms with E-state index in [0.29, 0.717) is 25.4 Å². The van der Waals surface area contributed by atoms with Crippen molar-refractivity contribution in [3.05, 3.63) is 29.3 Å². The first-order chi connectivity index (χ1) is 18.8. The van der Waals surface area contributed by atoms with Crippen LogP contribution in [0, 0.1) is 0 Å². The third kappa shape index (κ3) is 6.06. The number of carboxylic acid groups (broad SMARTS) is 1. The minimum Gasteiger partial charge on any atom is -0.494 e. The van der Waals surface area contributed by atoms with Gasteiger partial charge in [-0.3, -0.25) is 29.4 Å². The number of nitrogens with zero attached hydrogens (tertiary/aromatic N) is 3. The van der Waals surface area contributed by atoms with E-state index in [0.717, 1.165) is 56.6 Å². The van der Waals surface area contributed by atoms with Crippen molar-refractivity contribution in [1.82, 2.24) is 20.0 Å². The van der Waals surface area contributed by atoms with Gasteiger partial charge >= 0.3 is 6.09 Å². The number of benzene rings is 1. The van der Waals surface area contributed by atoms with Crippen LogP contribution in [0.3, 0.4) is 0 Å². The van der Waals surface area contributed by atoms with Crippen molar-refractivity contribution in [3.63, 3.8) is 0 Å². The summed E-state index contributed by atoms with van der Waals surface area (Å²) in [5.41, 5.74) is 0.451. The number of ether oxygens (including phenoxy) is 2. The largest absolute Gasteiger partial charge is 0.494 e. The first-order valence-corrected chi connectivity index (χ1v) is 13.6. The average Bonchev–Trinajstić information content (AvgIpc) is 3.13. The number of hydrogen-bond donors (Lipinski definition) is 2. The second kappa shape index (κ2) is 11.7. The summed E-state index contributed by atoms with van der Waals surface area (Å²) in [6.45, 7) is 4.40. The Bertz CT molecular complexity index is 1140. The Morgan fingerprint density at radius 3 is 2.41 bits per heavy atom. The van der Waals surface area contributed by atoms with Crippen molar-refractivity contribution >= 4 is 29.7 Å². The van der Waals surface area contributed by atoms with E-state index >= 15 is 0 Å². The number of carbonyl (C=O) groups is 5. The van der Waals surface area contributed by atoms with Gasteiger partial charge in [0.15, 0.2) is 0 Å². The van der Waals surface area contributed by atoms with E-state index in [1.54, 1.807) is 18.2 Å². The summed E-state index contributed by atoms with van der Waals surface area (Å²) in [6.07, 6.45) is 4.39. The van der Waals surface area contributed by atoms with Gasteiger partial charge in [0.2, 0.25) is 11.8 Å². The lowest BCUT2D eigenvalue weighted by atomic mass is 10.0. The molecule has 39 heavy (non-hydrogen) atoms. The van der Waals surface area contributed by atoms with Crippen LogP contribution in [0.1, 0.15) is 65.7 Å². The van der Waals surface area contributed by atoms with Crippen LogP contribution in [-0.4, -0.2) is 107 Å². The van der Waals surface area contributed by atoms with E-state index in [4.69, 9.17) is 14.6 Å². The Morgan fingerprint density at radius 1 is 0.949 bits per heavy atom. The molecule has 1 atom stereocenters. The summed E-state index contributed by atoms with van der Waals surface area (Å²) >= 11 is 0. The Balaban J connectivity index is 0.982. The van der Waals surface area contributed by atoms with Gasteiger partial charge in [-0.25, -0.2) is 4.79 Å². The highest BCUT2D eigenvalue weighted by Crippen LogP contribution is 2.30. The summed E-state index contributed by atoms with van der Waals surface area (Å²) < 4.78 is 11.9. The molecule has 0 saturated carbocycles. The summed E-state index contributed by atoms with van der Waals surface area (Å²) in [5.74, 6) is -1.60. The van der Waals surface area contributed by atoms with E-state index in [9.17, 15) is 24.0 Å². The number of unbranched alkanes of at least 4 members (excludes halogenated alkanes) is 2. The first kappa shape index (κ1) is 27.1. The Labute approximate surface area is 226 Å². The van der Waals surface area contributed by atoms with Crippen LogP contribution in [0.5, 0.6) is 5.75 Å². The predicted octanol–water partition coefficient (Wildman–Crippen LogP) is 1.48. The molecule has 0 aromatic heterocycles. The van der Waals surface area contributed by atoms with Gasteiger partial charge in [-0.2, -0.15) is 0 Å². The number of rotatable bonds is 10. The van der Waals surface area contributed by atoms with E-state index in [-0.39, 0.29) is 36.2 Å². The van der Waals surface area contributed by atoms with Gasteiger partial charge in [-0.1, -0.05) is 0 Å². The second-order valence-electron chi connectivity index (χ2n) is 10.6. The predicted molar refractivity (Wildman–Crippen MR) is 136 cm³/mol. The van der Waals surface area contributed by atoms with Gasteiger partial charge < -0.3 is 24.4 Å². The number of piperidine rings is 2. The summed E-state index contributed by atoms with van der Waals surface area (Å²) in [5, 5.41) is 11.1. The van der Waals surface area contributed by atoms with E-state index in [1.807, 2.05) is 0 Å². The zero-order chi connectivity index (χ0) is 27.5. The monoisotopic (exact) mass is 542 g/mol. The minimum absolute atomic E-state index is 0.0335. The minimum atomic E-state index is -0.981. The molecule has 4 heterocycles. The van der Waals surface area contributed by atoms with Crippen LogP contribution in [0.15, 0.2) is 18.2 Å². The molecule has 5 amide bonds. The molecule has 210 valence electrons. The maximum absolute atomic E-state index is 12.9. The topological polar surface area (TPSA) is 146 Å². The number of carbonyl (C=O) groups excluding carboxylic acids is 4. The molecule has 4 aliphatic heterocycles. The second-order valence-corrected chi connectivity index (χ2v) is 10.6. The lowest BCUT2D eigenvalue weighted by Gasteiger charge is -2.40. The van der Waals surface area contributed by atoms with Crippen molar-refractivity contribution in [2.24, 2.45) is 0 Å². The molecule has 2 N–H and O–H groups in total. The Hall–Kier alpha value is -3.51. The highest BCUT2D eigenvalue weighted by Gasteiger charge is 2.44. The van der Waals surface area contributed by atoms with Crippen LogP contribution >= 0.6 is 0 Å². The molecule has 3 fully saturated rings. The van der Waals surface area contributed by atoms with Crippen molar-refractivity contribution in [2.45, 2.75) is 63.2 Å². The van der Waals surface area contributed by atoms with E-state index in [1.165, 1.54) is 4.90 Å². The van der Waals surface area contributed by atoms with Crippen LogP contribution in [0.2, 0.25) is 0 Å². The molecule has 3 saturated heterocycles. The number of imide groups is 2. The quantitative estimate of drug-likeness (QED) is 0.332. The molecule has 4 aliphatic rings. The SMILES string of the molecule is O=C1CCC(N2C(=O)c3ccc(OCCCCCN4CCC(OC5CN(C(=O)O)C5)CC4)cc3C2=O)C(=O)N1. The molecule has 12 nitrogen and oxygen atoms in total. The van der Waals surface area contributed by atoms with Crippen molar-refractivity contribution in [3.8, 4) is 5.75 Å². The van der Waals surface area contributed by atoms with Crippen LogP contribution in [0.4, 0.5) is 4.79 Å². The van der Waals surface area contributed by atoms with Crippen molar-refractivity contribution < 1.29 is 38.6 Å². The first-order valence-electron chi connectivity index (χ1n) is 13.6. The molecule has 0 spiro atoms. The standard InChI is InChI=1S/C27H34N4O8/c32-23-7-6-22(24(33)28-23)31-25(34)20-5-4-18(14-21(20)26(31)35)38-13-3-1-2-10-29-11-8-17(9-12-29)39-19-15-30(16-19)27(36)37/h4-5,14,17,19,22H,1-3,6-13,15-16H2,(H,36,37)(H,28,32,33). The molecule has 1 aromatic rings. The molecular formula is C27H34N4O8. The van der Waals surface area contributed by atoms with Crippen LogP contribution in [0.25, 0.3) is 0 Å². The maximum atomic E-state index is 12.9. The number of nitrogens with one attached hydrogen (secondary N) is 1. The molecule has 0 bridgehead atoms. The molecule has 1 aromatic carbocycles. The molecular weight excluding hydrogens is 508 g/mol. The number of likely N-dealkylation sites (tertiary alicyclic amines) is 2. The molecule has 0 aliphatic carbocycles. The molecule has 1 unspecified atom stereocenters. The third-order valence-corrected chi connectivity index (χ3v) is 7.84. The molecule has 12 heteroatoms. The Kier molecular flexibility index (Phi) is 8.12. The Morgan fingerprint density at radius 2 is 1.69 bits per heavy atom. The number of hydrogen-bond acceptors (Lipinski definition) is 8. The van der Waals surface area contributed by atoms with Gasteiger partial charge in [0, 0.05) is 19.5 Å². The van der Waals surface area contributed by atoms with E-state index < -0.39 is 35.8 Å². The fraction of sp³-hybridized carbons (Fsp3) is 0.593. The maximum Gasteiger partial charge on any atom is 0.407 e. The normalized spacial score (nSPS) is 22.6. The summed E-state index contributed by atoms with van der Waals surface area (Å²) in [4.78, 5) is 64.9. The summed E-state index contributed by atoms with van der Waals surface area (Å²) in [7, 11) is 0. The zero-order valence-electron chi connectivity index (χ0n) is 21.8. The fourth-order valence-corrected chi connectivity index (χ4v) is 5.57. The molecule has 5 rings (SSSR count). The summed E-state index contributed by atoms with van der Waals surface area (Å²) in [6, 6.07) is 3.78. The van der Waals surface area contributed by atoms with Crippen LogP contribution in [-0.2, 0) is 14.3 Å². The average molecular weight is 543 g/mol.